The number of piperazine rings is 1. The third-order valence-electron chi connectivity index (χ3n) is 4.64. The van der Waals surface area contributed by atoms with E-state index in [1.807, 2.05) is 19.3 Å². The van der Waals surface area contributed by atoms with Crippen LogP contribution in [0.4, 0.5) is 5.82 Å². The number of aromatic nitrogens is 3. The van der Waals surface area contributed by atoms with Gasteiger partial charge >= 0.3 is 0 Å². The lowest BCUT2D eigenvalue weighted by molar-refractivity contribution is -0.116. The minimum Gasteiger partial charge on any atom is -0.350 e. The fraction of sp³-hybridized carbons (Fsp3) is 0.471. The predicted octanol–water partition coefficient (Wildman–Crippen LogP) is 1.18. The monoisotopic (exact) mass is 445 g/mol. The molecule has 28 heavy (non-hydrogen) atoms. The van der Waals surface area contributed by atoms with E-state index in [1.54, 1.807) is 18.1 Å². The maximum absolute atomic E-state index is 12.6. The summed E-state index contributed by atoms with van der Waals surface area (Å²) in [5.74, 6) is 1.66. The summed E-state index contributed by atoms with van der Waals surface area (Å²) < 4.78 is 0. The number of aryl methyl sites for hydroxylation is 1. The third kappa shape index (κ3) is 4.90. The van der Waals surface area contributed by atoms with Crippen LogP contribution in [0.1, 0.15) is 5.56 Å². The molecule has 1 atom stereocenters. The second-order valence-electron chi connectivity index (χ2n) is 6.49. The van der Waals surface area contributed by atoms with E-state index in [0.717, 1.165) is 59.3 Å². The molecule has 0 spiro atoms. The van der Waals surface area contributed by atoms with Crippen LogP contribution < -0.4 is 20.9 Å². The standard InChI is InChI=1S/C17H23N7OS.2ClH/c1-11-6-20-15-14(11)16(23-10-22-15)24-4-5-26-13(9-24)17(25)21-8-12-7-18-2-3-19-12;;/h6,9-10,12,18-19H,2-5,7-8H2,1H3,(H,21,25)(H,20,22,23);2*1H. The molecule has 2 aromatic rings. The Kier molecular flexibility index (Phi) is 8.38. The van der Waals surface area contributed by atoms with Crippen molar-refractivity contribution in [2.75, 3.05) is 43.4 Å². The molecule has 0 aliphatic carbocycles. The topological polar surface area (TPSA) is 98.0 Å². The highest BCUT2D eigenvalue weighted by molar-refractivity contribution is 8.04. The molecule has 1 amide bonds. The Labute approximate surface area is 180 Å². The maximum Gasteiger partial charge on any atom is 0.259 e. The van der Waals surface area contributed by atoms with Gasteiger partial charge < -0.3 is 25.8 Å². The van der Waals surface area contributed by atoms with Gasteiger partial charge in [-0.25, -0.2) is 9.97 Å². The number of hydrogen-bond donors (Lipinski definition) is 4. The van der Waals surface area contributed by atoms with Gasteiger partial charge in [0.15, 0.2) is 0 Å². The quantitative estimate of drug-likeness (QED) is 0.560. The Balaban J connectivity index is 0.00000140. The summed E-state index contributed by atoms with van der Waals surface area (Å²) in [5, 5.41) is 10.8. The molecule has 154 valence electrons. The minimum absolute atomic E-state index is 0. The molecular formula is C17H25Cl2N7OS. The lowest BCUT2D eigenvalue weighted by atomic mass is 10.2. The molecule has 4 rings (SSSR count). The van der Waals surface area contributed by atoms with Crippen LogP contribution in [0, 0.1) is 6.92 Å². The average molecular weight is 446 g/mol. The zero-order valence-electron chi connectivity index (χ0n) is 15.5. The molecule has 1 fully saturated rings. The third-order valence-corrected chi connectivity index (χ3v) is 5.63. The van der Waals surface area contributed by atoms with Gasteiger partial charge in [0, 0.05) is 56.9 Å². The Hall–Kier alpha value is -1.52. The summed E-state index contributed by atoms with van der Waals surface area (Å²) in [6.07, 6.45) is 5.40. The predicted molar refractivity (Wildman–Crippen MR) is 119 cm³/mol. The van der Waals surface area contributed by atoms with Crippen LogP contribution in [-0.2, 0) is 4.79 Å². The maximum atomic E-state index is 12.6. The van der Waals surface area contributed by atoms with Crippen molar-refractivity contribution in [3.05, 3.63) is 29.2 Å². The van der Waals surface area contributed by atoms with Crippen molar-refractivity contribution in [1.82, 2.24) is 30.9 Å². The number of carbonyl (C=O) groups is 1. The molecule has 2 aromatic heterocycles. The fourth-order valence-electron chi connectivity index (χ4n) is 3.26. The van der Waals surface area contributed by atoms with E-state index >= 15 is 0 Å². The first-order valence-electron chi connectivity index (χ1n) is 8.84. The van der Waals surface area contributed by atoms with E-state index in [9.17, 15) is 4.79 Å². The molecule has 4 N–H and O–H groups in total. The van der Waals surface area contributed by atoms with Gasteiger partial charge in [0.25, 0.3) is 5.91 Å². The normalized spacial score (nSPS) is 19.4. The van der Waals surface area contributed by atoms with Crippen LogP contribution in [0.2, 0.25) is 0 Å². The van der Waals surface area contributed by atoms with Gasteiger partial charge in [-0.1, -0.05) is 0 Å². The first kappa shape index (κ1) is 22.8. The highest BCUT2D eigenvalue weighted by Gasteiger charge is 2.22. The van der Waals surface area contributed by atoms with Gasteiger partial charge in [-0.05, 0) is 12.5 Å². The van der Waals surface area contributed by atoms with Gasteiger partial charge in [-0.3, -0.25) is 4.79 Å². The van der Waals surface area contributed by atoms with E-state index in [4.69, 9.17) is 0 Å². The van der Waals surface area contributed by atoms with Crippen LogP contribution in [0.3, 0.4) is 0 Å². The number of anilines is 1. The van der Waals surface area contributed by atoms with E-state index in [0.29, 0.717) is 6.54 Å². The number of nitrogens with zero attached hydrogens (tertiary/aromatic N) is 3. The first-order chi connectivity index (χ1) is 12.7. The second kappa shape index (κ2) is 10.3. The van der Waals surface area contributed by atoms with Crippen molar-refractivity contribution < 1.29 is 4.79 Å². The first-order valence-corrected chi connectivity index (χ1v) is 9.83. The van der Waals surface area contributed by atoms with Crippen molar-refractivity contribution in [3.8, 4) is 0 Å². The van der Waals surface area contributed by atoms with Crippen LogP contribution in [-0.4, -0.2) is 65.4 Å². The minimum atomic E-state index is -0.0248. The molecule has 0 aromatic carbocycles. The molecule has 1 saturated heterocycles. The van der Waals surface area contributed by atoms with Crippen LogP contribution in [0.15, 0.2) is 23.6 Å². The summed E-state index contributed by atoms with van der Waals surface area (Å²) in [7, 11) is 0. The molecule has 2 aliphatic rings. The highest BCUT2D eigenvalue weighted by Crippen LogP contribution is 2.30. The lowest BCUT2D eigenvalue weighted by Crippen LogP contribution is -2.53. The van der Waals surface area contributed by atoms with Crippen LogP contribution >= 0.6 is 36.6 Å². The van der Waals surface area contributed by atoms with E-state index in [1.165, 1.54) is 0 Å². The van der Waals surface area contributed by atoms with Crippen LogP contribution in [0.5, 0.6) is 0 Å². The van der Waals surface area contributed by atoms with Crippen molar-refractivity contribution in [2.24, 2.45) is 0 Å². The van der Waals surface area contributed by atoms with Crippen molar-refractivity contribution in [3.63, 3.8) is 0 Å². The number of H-pyrrole nitrogens is 1. The molecule has 4 heterocycles. The Bertz CT molecular complexity index is 838. The van der Waals surface area contributed by atoms with Gasteiger partial charge in [0.05, 0.1) is 10.3 Å². The Morgan fingerprint density at radius 1 is 1.36 bits per heavy atom. The second-order valence-corrected chi connectivity index (χ2v) is 7.63. The number of nitrogens with one attached hydrogen (secondary N) is 4. The number of halogens is 2. The average Bonchev–Trinajstić information content (AvgIpc) is 3.08. The summed E-state index contributed by atoms with van der Waals surface area (Å²) >= 11 is 1.59. The Morgan fingerprint density at radius 3 is 3.00 bits per heavy atom. The molecule has 0 bridgehead atoms. The molecule has 8 nitrogen and oxygen atoms in total. The van der Waals surface area contributed by atoms with E-state index in [-0.39, 0.29) is 36.8 Å². The van der Waals surface area contributed by atoms with Crippen molar-refractivity contribution in [1.29, 1.82) is 0 Å². The summed E-state index contributed by atoms with van der Waals surface area (Å²) in [6, 6.07) is 0.280. The Morgan fingerprint density at radius 2 is 2.21 bits per heavy atom. The molecular weight excluding hydrogens is 421 g/mol. The van der Waals surface area contributed by atoms with Crippen LogP contribution in [0.25, 0.3) is 11.0 Å². The fourth-order valence-corrected chi connectivity index (χ4v) is 4.18. The number of aromatic amines is 1. The summed E-state index contributed by atoms with van der Waals surface area (Å²) in [5.41, 5.74) is 1.92. The van der Waals surface area contributed by atoms with Gasteiger partial charge in [-0.2, -0.15) is 0 Å². The van der Waals surface area contributed by atoms with Crippen molar-refractivity contribution in [2.45, 2.75) is 13.0 Å². The molecule has 0 radical (unpaired) electrons. The number of thioether (sulfide) groups is 1. The molecule has 2 aliphatic heterocycles. The van der Waals surface area contributed by atoms with Gasteiger partial charge in [-0.15, -0.1) is 36.6 Å². The van der Waals surface area contributed by atoms with Crippen molar-refractivity contribution >= 4 is 59.3 Å². The van der Waals surface area contributed by atoms with E-state index in [2.05, 4.69) is 35.8 Å². The SMILES string of the molecule is Cc1c[nH]c2ncnc(N3C=C(C(=O)NCC4CNCCN4)SCC3)c12.Cl.Cl. The van der Waals surface area contributed by atoms with E-state index < -0.39 is 0 Å². The number of fused-ring (bicyclic) bond motifs is 1. The summed E-state index contributed by atoms with van der Waals surface area (Å²) in [4.78, 5) is 27.3. The lowest BCUT2D eigenvalue weighted by Gasteiger charge is -2.27. The number of carbonyl (C=O) groups excluding carboxylic acids is 1. The van der Waals surface area contributed by atoms with Gasteiger partial charge in [0.2, 0.25) is 0 Å². The zero-order valence-corrected chi connectivity index (χ0v) is 18.0. The zero-order chi connectivity index (χ0) is 17.9. The number of amides is 1. The number of rotatable bonds is 4. The summed E-state index contributed by atoms with van der Waals surface area (Å²) in [6.45, 7) is 6.26. The smallest absolute Gasteiger partial charge is 0.259 e. The molecule has 1 unspecified atom stereocenters. The van der Waals surface area contributed by atoms with Gasteiger partial charge in [0.1, 0.15) is 17.8 Å². The molecule has 11 heteroatoms. The molecule has 0 saturated carbocycles. The number of hydrogen-bond acceptors (Lipinski definition) is 7. The highest BCUT2D eigenvalue weighted by atomic mass is 35.5. The largest absolute Gasteiger partial charge is 0.350 e.